The Kier molecular flexibility index (Phi) is 2.64. The van der Waals surface area contributed by atoms with Crippen molar-refractivity contribution in [2.45, 2.75) is 12.3 Å². The first kappa shape index (κ1) is 10.7. The maximum atomic E-state index is 11.2. The standard InChI is InChI=1S/C12H12O4/c1-16-12(15)10-6-9(10)7-2-4-8(5-3-7)11(13)14/h2-5,9-10H,6H2,1H3,(H,13,14). The first-order valence-electron chi connectivity index (χ1n) is 5.04. The molecule has 0 aromatic heterocycles. The van der Waals surface area contributed by atoms with E-state index >= 15 is 0 Å². The topological polar surface area (TPSA) is 63.6 Å². The minimum absolute atomic E-state index is 0.0549. The van der Waals surface area contributed by atoms with E-state index in [4.69, 9.17) is 5.11 Å². The summed E-state index contributed by atoms with van der Waals surface area (Å²) in [6.07, 6.45) is 0.791. The van der Waals surface area contributed by atoms with Crippen molar-refractivity contribution < 1.29 is 19.4 Å². The van der Waals surface area contributed by atoms with E-state index in [9.17, 15) is 9.59 Å². The second-order valence-corrected chi connectivity index (χ2v) is 3.90. The monoisotopic (exact) mass is 220 g/mol. The maximum Gasteiger partial charge on any atom is 0.335 e. The summed E-state index contributed by atoms with van der Waals surface area (Å²) in [4.78, 5) is 21.9. The van der Waals surface area contributed by atoms with Crippen LogP contribution in [0.3, 0.4) is 0 Å². The SMILES string of the molecule is COC(=O)C1CC1c1ccc(C(=O)O)cc1. The zero-order valence-corrected chi connectivity index (χ0v) is 8.84. The van der Waals surface area contributed by atoms with Crippen molar-refractivity contribution in [3.63, 3.8) is 0 Å². The number of hydrogen-bond donors (Lipinski definition) is 1. The van der Waals surface area contributed by atoms with Crippen molar-refractivity contribution in [1.82, 2.24) is 0 Å². The van der Waals surface area contributed by atoms with Gasteiger partial charge in [0.1, 0.15) is 0 Å². The Balaban J connectivity index is 2.07. The van der Waals surface area contributed by atoms with Gasteiger partial charge in [-0.25, -0.2) is 4.79 Å². The Morgan fingerprint density at radius 2 is 1.94 bits per heavy atom. The lowest BCUT2D eigenvalue weighted by molar-refractivity contribution is -0.142. The van der Waals surface area contributed by atoms with Gasteiger partial charge in [0.15, 0.2) is 0 Å². The zero-order valence-electron chi connectivity index (χ0n) is 8.84. The molecule has 4 nitrogen and oxygen atoms in total. The van der Waals surface area contributed by atoms with E-state index < -0.39 is 5.97 Å². The summed E-state index contributed by atoms with van der Waals surface area (Å²) in [6, 6.07) is 6.64. The van der Waals surface area contributed by atoms with Gasteiger partial charge in [-0.05, 0) is 30.0 Å². The van der Waals surface area contributed by atoms with Crippen LogP contribution in [-0.2, 0) is 9.53 Å². The third-order valence-electron chi connectivity index (χ3n) is 2.88. The predicted octanol–water partition coefficient (Wildman–Crippen LogP) is 1.66. The van der Waals surface area contributed by atoms with Gasteiger partial charge in [-0.1, -0.05) is 12.1 Å². The lowest BCUT2D eigenvalue weighted by Crippen LogP contribution is -2.04. The maximum absolute atomic E-state index is 11.2. The molecule has 1 saturated carbocycles. The molecular formula is C12H12O4. The summed E-state index contributed by atoms with van der Waals surface area (Å²) in [7, 11) is 1.38. The van der Waals surface area contributed by atoms with Gasteiger partial charge in [0.25, 0.3) is 0 Å². The number of hydrogen-bond acceptors (Lipinski definition) is 3. The van der Waals surface area contributed by atoms with Crippen molar-refractivity contribution in [2.24, 2.45) is 5.92 Å². The Morgan fingerprint density at radius 1 is 1.31 bits per heavy atom. The average Bonchev–Trinajstić information content (AvgIpc) is 3.08. The number of aromatic carboxylic acids is 1. The normalized spacial score (nSPS) is 22.6. The first-order chi connectivity index (χ1) is 7.63. The molecule has 0 amide bonds. The average molecular weight is 220 g/mol. The third-order valence-corrected chi connectivity index (χ3v) is 2.88. The van der Waals surface area contributed by atoms with Crippen LogP contribution in [0.2, 0.25) is 0 Å². The van der Waals surface area contributed by atoms with Crippen molar-refractivity contribution in [2.75, 3.05) is 7.11 Å². The molecule has 0 saturated heterocycles. The number of carbonyl (C=O) groups excluding carboxylic acids is 1. The highest BCUT2D eigenvalue weighted by Crippen LogP contribution is 2.47. The molecule has 0 aliphatic heterocycles. The molecule has 0 spiro atoms. The van der Waals surface area contributed by atoms with Gasteiger partial charge in [-0.2, -0.15) is 0 Å². The molecule has 2 unspecified atom stereocenters. The molecular weight excluding hydrogens is 208 g/mol. The van der Waals surface area contributed by atoms with Crippen LogP contribution in [0.25, 0.3) is 0 Å². The smallest absolute Gasteiger partial charge is 0.335 e. The van der Waals surface area contributed by atoms with Crippen molar-refractivity contribution in [3.8, 4) is 0 Å². The molecule has 1 N–H and O–H groups in total. The number of carboxylic acids is 1. The van der Waals surface area contributed by atoms with Crippen LogP contribution in [0.15, 0.2) is 24.3 Å². The van der Waals surface area contributed by atoms with Crippen LogP contribution < -0.4 is 0 Å². The summed E-state index contributed by atoms with van der Waals surface area (Å²) in [6.45, 7) is 0. The molecule has 1 aromatic rings. The number of esters is 1. The van der Waals surface area contributed by atoms with Gasteiger partial charge in [-0.15, -0.1) is 0 Å². The molecule has 1 aliphatic carbocycles. The van der Waals surface area contributed by atoms with Crippen LogP contribution >= 0.6 is 0 Å². The Morgan fingerprint density at radius 3 is 2.44 bits per heavy atom. The van der Waals surface area contributed by atoms with E-state index in [0.717, 1.165) is 12.0 Å². The van der Waals surface area contributed by atoms with E-state index in [1.807, 2.05) is 0 Å². The quantitative estimate of drug-likeness (QED) is 0.787. The summed E-state index contributed by atoms with van der Waals surface area (Å²) in [5.41, 5.74) is 1.26. The first-order valence-corrected chi connectivity index (χ1v) is 5.04. The summed E-state index contributed by atoms with van der Waals surface area (Å²) >= 11 is 0. The fourth-order valence-electron chi connectivity index (χ4n) is 1.85. The molecule has 2 atom stereocenters. The minimum Gasteiger partial charge on any atom is -0.478 e. The highest BCUT2D eigenvalue weighted by atomic mass is 16.5. The van der Waals surface area contributed by atoms with E-state index in [0.29, 0.717) is 0 Å². The van der Waals surface area contributed by atoms with E-state index in [2.05, 4.69) is 4.74 Å². The highest BCUT2D eigenvalue weighted by molar-refractivity contribution is 5.87. The van der Waals surface area contributed by atoms with E-state index in [1.54, 1.807) is 24.3 Å². The second-order valence-electron chi connectivity index (χ2n) is 3.90. The summed E-state index contributed by atoms with van der Waals surface area (Å²) in [5, 5.41) is 8.73. The molecule has 4 heteroatoms. The Bertz CT molecular complexity index is 421. The molecule has 0 radical (unpaired) electrons. The lowest BCUT2D eigenvalue weighted by Gasteiger charge is -2.00. The molecule has 1 aliphatic rings. The van der Waals surface area contributed by atoms with Gasteiger partial charge in [0, 0.05) is 0 Å². The molecule has 0 bridgehead atoms. The van der Waals surface area contributed by atoms with Crippen LogP contribution in [0, 0.1) is 5.92 Å². The van der Waals surface area contributed by atoms with Crippen molar-refractivity contribution >= 4 is 11.9 Å². The van der Waals surface area contributed by atoms with Gasteiger partial charge < -0.3 is 9.84 Å². The highest BCUT2D eigenvalue weighted by Gasteiger charge is 2.44. The summed E-state index contributed by atoms with van der Waals surface area (Å²) in [5.74, 6) is -0.991. The largest absolute Gasteiger partial charge is 0.478 e. The van der Waals surface area contributed by atoms with Gasteiger partial charge in [0.2, 0.25) is 0 Å². The number of carbonyl (C=O) groups is 2. The number of ether oxygens (including phenoxy) is 1. The molecule has 2 rings (SSSR count). The molecule has 84 valence electrons. The van der Waals surface area contributed by atoms with Gasteiger partial charge in [-0.3, -0.25) is 4.79 Å². The van der Waals surface area contributed by atoms with Crippen molar-refractivity contribution in [3.05, 3.63) is 35.4 Å². The molecule has 1 aromatic carbocycles. The molecule has 16 heavy (non-hydrogen) atoms. The lowest BCUT2D eigenvalue weighted by atomic mass is 10.1. The molecule has 1 fully saturated rings. The zero-order chi connectivity index (χ0) is 11.7. The molecule has 0 heterocycles. The summed E-state index contributed by atoms with van der Waals surface area (Å²) < 4.78 is 4.65. The fraction of sp³-hybridized carbons (Fsp3) is 0.333. The van der Waals surface area contributed by atoms with Crippen LogP contribution in [0.4, 0.5) is 0 Å². The van der Waals surface area contributed by atoms with E-state index in [1.165, 1.54) is 7.11 Å². The predicted molar refractivity (Wildman–Crippen MR) is 56.3 cm³/mol. The second kappa shape index (κ2) is 3.96. The number of methoxy groups -OCH3 is 1. The van der Waals surface area contributed by atoms with Crippen LogP contribution in [0.1, 0.15) is 28.3 Å². The van der Waals surface area contributed by atoms with Gasteiger partial charge in [0.05, 0.1) is 18.6 Å². The van der Waals surface area contributed by atoms with E-state index in [-0.39, 0.29) is 23.4 Å². The van der Waals surface area contributed by atoms with Gasteiger partial charge >= 0.3 is 11.9 Å². The fourth-order valence-corrected chi connectivity index (χ4v) is 1.85. The van der Waals surface area contributed by atoms with Crippen molar-refractivity contribution in [1.29, 1.82) is 0 Å². The number of benzene rings is 1. The minimum atomic E-state index is -0.938. The Labute approximate surface area is 92.8 Å². The van der Waals surface area contributed by atoms with Crippen LogP contribution in [-0.4, -0.2) is 24.2 Å². The Hall–Kier alpha value is -1.84. The third kappa shape index (κ3) is 1.91. The number of carboxylic acid groups (broad SMARTS) is 1. The van der Waals surface area contributed by atoms with Crippen LogP contribution in [0.5, 0.6) is 0 Å². The number of rotatable bonds is 3.